The van der Waals surface area contributed by atoms with Gasteiger partial charge in [0.1, 0.15) is 11.4 Å². The molecule has 0 spiro atoms. The standard InChI is InChI=1S/C24H30FNO4/c1-23(2,3)30-22(28)26-21(19-10-7-11-20(25)14-19)12-13-24(26,16-27)17-29-15-18-8-5-4-6-9-18/h4-11,14,21,27H,12-13,15-17H2,1-3H3/t21-,24+/m0/s1. The number of benzene rings is 2. The van der Waals surface area contributed by atoms with E-state index in [0.717, 1.165) is 5.56 Å². The molecule has 0 radical (unpaired) electrons. The third kappa shape index (κ3) is 5.18. The number of nitrogens with zero attached hydrogens (tertiary/aromatic N) is 1. The number of likely N-dealkylation sites (tertiary alicyclic amines) is 1. The highest BCUT2D eigenvalue weighted by Crippen LogP contribution is 2.44. The van der Waals surface area contributed by atoms with Crippen LogP contribution in [0.3, 0.4) is 0 Å². The number of amides is 1. The molecule has 0 saturated carbocycles. The molecule has 0 aromatic heterocycles. The maximum Gasteiger partial charge on any atom is 0.411 e. The van der Waals surface area contributed by atoms with Gasteiger partial charge in [-0.1, -0.05) is 42.5 Å². The van der Waals surface area contributed by atoms with Crippen LogP contribution in [0, 0.1) is 5.82 Å². The molecule has 0 unspecified atom stereocenters. The molecule has 2 aromatic rings. The Morgan fingerprint density at radius 3 is 2.57 bits per heavy atom. The van der Waals surface area contributed by atoms with Crippen LogP contribution in [0.15, 0.2) is 54.6 Å². The number of rotatable bonds is 6. The third-order valence-electron chi connectivity index (χ3n) is 5.31. The molecule has 2 atom stereocenters. The first kappa shape index (κ1) is 22.2. The van der Waals surface area contributed by atoms with Crippen molar-refractivity contribution in [2.24, 2.45) is 0 Å². The van der Waals surface area contributed by atoms with Crippen LogP contribution >= 0.6 is 0 Å². The highest BCUT2D eigenvalue weighted by molar-refractivity contribution is 5.71. The van der Waals surface area contributed by atoms with E-state index in [1.807, 2.05) is 30.3 Å². The normalized spacial score (nSPS) is 21.6. The zero-order valence-corrected chi connectivity index (χ0v) is 17.8. The summed E-state index contributed by atoms with van der Waals surface area (Å²) in [7, 11) is 0. The monoisotopic (exact) mass is 415 g/mol. The van der Waals surface area contributed by atoms with Gasteiger partial charge in [-0.05, 0) is 56.9 Å². The molecule has 1 fully saturated rings. The summed E-state index contributed by atoms with van der Waals surface area (Å²) in [5, 5.41) is 10.3. The van der Waals surface area contributed by atoms with Gasteiger partial charge in [0.25, 0.3) is 0 Å². The van der Waals surface area contributed by atoms with Crippen LogP contribution in [-0.4, -0.2) is 40.5 Å². The third-order valence-corrected chi connectivity index (χ3v) is 5.31. The zero-order chi connectivity index (χ0) is 21.8. The van der Waals surface area contributed by atoms with E-state index in [4.69, 9.17) is 9.47 Å². The summed E-state index contributed by atoms with van der Waals surface area (Å²) in [6.07, 6.45) is 0.572. The molecule has 162 valence electrons. The number of aliphatic hydroxyl groups is 1. The Kier molecular flexibility index (Phi) is 6.78. The van der Waals surface area contributed by atoms with E-state index in [-0.39, 0.29) is 19.0 Å². The fourth-order valence-corrected chi connectivity index (χ4v) is 3.92. The number of halogens is 1. The Balaban J connectivity index is 1.86. The van der Waals surface area contributed by atoms with Crippen molar-refractivity contribution < 1.29 is 23.8 Å². The average molecular weight is 416 g/mol. The topological polar surface area (TPSA) is 59.0 Å². The zero-order valence-electron chi connectivity index (χ0n) is 17.8. The van der Waals surface area contributed by atoms with Gasteiger partial charge in [-0.3, -0.25) is 4.90 Å². The van der Waals surface area contributed by atoms with Crippen molar-refractivity contribution in [2.75, 3.05) is 13.2 Å². The fourth-order valence-electron chi connectivity index (χ4n) is 3.92. The van der Waals surface area contributed by atoms with Crippen LogP contribution in [0.2, 0.25) is 0 Å². The van der Waals surface area contributed by atoms with Crippen LogP contribution in [0.4, 0.5) is 9.18 Å². The van der Waals surface area contributed by atoms with Crippen molar-refractivity contribution in [3.8, 4) is 0 Å². The van der Waals surface area contributed by atoms with E-state index in [2.05, 4.69) is 0 Å². The molecule has 2 aromatic carbocycles. The van der Waals surface area contributed by atoms with Gasteiger partial charge < -0.3 is 14.6 Å². The smallest absolute Gasteiger partial charge is 0.411 e. The minimum absolute atomic E-state index is 0.156. The van der Waals surface area contributed by atoms with E-state index >= 15 is 0 Å². The lowest BCUT2D eigenvalue weighted by molar-refractivity contribution is -0.0507. The summed E-state index contributed by atoms with van der Waals surface area (Å²) in [5.41, 5.74) is 0.0557. The molecule has 3 rings (SSSR count). The molecule has 0 bridgehead atoms. The van der Waals surface area contributed by atoms with Crippen molar-refractivity contribution in [3.63, 3.8) is 0 Å². The quantitative estimate of drug-likeness (QED) is 0.733. The second-order valence-electron chi connectivity index (χ2n) is 8.82. The van der Waals surface area contributed by atoms with Crippen molar-refractivity contribution in [3.05, 3.63) is 71.5 Å². The minimum atomic E-state index is -0.936. The largest absolute Gasteiger partial charge is 0.444 e. The molecule has 1 N–H and O–H groups in total. The number of carbonyl (C=O) groups excluding carboxylic acids is 1. The Morgan fingerprint density at radius 1 is 1.20 bits per heavy atom. The van der Waals surface area contributed by atoms with Gasteiger partial charge in [0.05, 0.1) is 31.4 Å². The molecule has 5 nitrogen and oxygen atoms in total. The Morgan fingerprint density at radius 2 is 1.93 bits per heavy atom. The fraction of sp³-hybridized carbons (Fsp3) is 0.458. The van der Waals surface area contributed by atoms with E-state index in [9.17, 15) is 14.3 Å². The average Bonchev–Trinajstić information content (AvgIpc) is 3.08. The highest BCUT2D eigenvalue weighted by atomic mass is 19.1. The lowest BCUT2D eigenvalue weighted by atomic mass is 9.98. The number of carbonyl (C=O) groups is 1. The maximum atomic E-state index is 13.9. The summed E-state index contributed by atoms with van der Waals surface area (Å²) < 4.78 is 25.5. The highest BCUT2D eigenvalue weighted by Gasteiger charge is 2.51. The maximum absolute atomic E-state index is 13.9. The van der Waals surface area contributed by atoms with Crippen LogP contribution in [-0.2, 0) is 16.1 Å². The first-order valence-corrected chi connectivity index (χ1v) is 10.2. The van der Waals surface area contributed by atoms with Crippen molar-refractivity contribution >= 4 is 6.09 Å². The summed E-state index contributed by atoms with van der Waals surface area (Å²) in [6, 6.07) is 15.5. The summed E-state index contributed by atoms with van der Waals surface area (Å²) in [6.45, 7) is 5.64. The first-order chi connectivity index (χ1) is 14.2. The Labute approximate surface area is 177 Å². The van der Waals surface area contributed by atoms with E-state index in [1.54, 1.807) is 37.8 Å². The molecule has 1 aliphatic rings. The summed E-state index contributed by atoms with van der Waals surface area (Å²) in [5.74, 6) is -0.363. The van der Waals surface area contributed by atoms with E-state index in [1.165, 1.54) is 12.1 Å². The number of aliphatic hydroxyl groups excluding tert-OH is 1. The molecule has 1 heterocycles. The van der Waals surface area contributed by atoms with Crippen molar-refractivity contribution in [1.29, 1.82) is 0 Å². The van der Waals surface area contributed by atoms with Crippen molar-refractivity contribution in [1.82, 2.24) is 4.90 Å². The molecule has 1 aliphatic heterocycles. The van der Waals surface area contributed by atoms with Crippen LogP contribution in [0.5, 0.6) is 0 Å². The SMILES string of the molecule is CC(C)(C)OC(=O)N1[C@H](c2cccc(F)c2)CC[C@@]1(CO)COCc1ccccc1. The van der Waals surface area contributed by atoms with Gasteiger partial charge in [0.2, 0.25) is 0 Å². The van der Waals surface area contributed by atoms with Crippen molar-refractivity contribution in [2.45, 2.75) is 57.4 Å². The summed E-state index contributed by atoms with van der Waals surface area (Å²) in [4.78, 5) is 14.7. The second-order valence-corrected chi connectivity index (χ2v) is 8.82. The molecule has 1 amide bonds. The Bertz CT molecular complexity index is 852. The molecule has 30 heavy (non-hydrogen) atoms. The van der Waals surface area contributed by atoms with Crippen LogP contribution in [0.1, 0.15) is 50.8 Å². The van der Waals surface area contributed by atoms with Gasteiger partial charge in [-0.15, -0.1) is 0 Å². The number of hydrogen-bond acceptors (Lipinski definition) is 4. The van der Waals surface area contributed by atoms with E-state index < -0.39 is 23.3 Å². The lowest BCUT2D eigenvalue weighted by Gasteiger charge is -2.40. The molecule has 1 saturated heterocycles. The second kappa shape index (κ2) is 9.14. The Hall–Kier alpha value is -2.44. The molecule has 6 heteroatoms. The van der Waals surface area contributed by atoms with Gasteiger partial charge in [-0.25, -0.2) is 9.18 Å². The molecular formula is C24H30FNO4. The molecule has 0 aliphatic carbocycles. The molecular weight excluding hydrogens is 385 g/mol. The van der Waals surface area contributed by atoms with Gasteiger partial charge in [0.15, 0.2) is 0 Å². The number of hydrogen-bond donors (Lipinski definition) is 1. The van der Waals surface area contributed by atoms with Gasteiger partial charge in [-0.2, -0.15) is 0 Å². The van der Waals surface area contributed by atoms with Gasteiger partial charge in [0, 0.05) is 0 Å². The predicted octanol–water partition coefficient (Wildman–Crippen LogP) is 4.85. The van der Waals surface area contributed by atoms with Crippen LogP contribution < -0.4 is 0 Å². The summed E-state index contributed by atoms with van der Waals surface area (Å²) >= 11 is 0. The number of ether oxygens (including phenoxy) is 2. The predicted molar refractivity (Wildman–Crippen MR) is 112 cm³/mol. The van der Waals surface area contributed by atoms with Gasteiger partial charge >= 0.3 is 6.09 Å². The lowest BCUT2D eigenvalue weighted by Crippen LogP contribution is -2.55. The minimum Gasteiger partial charge on any atom is -0.444 e. The van der Waals surface area contributed by atoms with Crippen LogP contribution in [0.25, 0.3) is 0 Å². The first-order valence-electron chi connectivity index (χ1n) is 10.2. The van der Waals surface area contributed by atoms with E-state index in [0.29, 0.717) is 25.0 Å².